The van der Waals surface area contributed by atoms with Gasteiger partial charge in [0.2, 0.25) is 11.8 Å². The van der Waals surface area contributed by atoms with Gasteiger partial charge in [0.1, 0.15) is 30.4 Å². The van der Waals surface area contributed by atoms with Gasteiger partial charge in [-0.15, -0.1) is 0 Å². The average molecular weight is 563 g/mol. The number of fused-ring (bicyclic) bond motifs is 1. The lowest BCUT2D eigenvalue weighted by molar-refractivity contribution is -0.179. The van der Waals surface area contributed by atoms with Gasteiger partial charge in [0, 0.05) is 6.42 Å². The van der Waals surface area contributed by atoms with Crippen LogP contribution in [-0.2, 0) is 49.3 Å². The van der Waals surface area contributed by atoms with Crippen molar-refractivity contribution in [3.63, 3.8) is 0 Å². The molecule has 2 aliphatic rings. The van der Waals surface area contributed by atoms with Gasteiger partial charge in [-0.05, 0) is 38.8 Å². The van der Waals surface area contributed by atoms with E-state index in [9.17, 15) is 24.3 Å². The predicted molar refractivity (Wildman–Crippen MR) is 141 cm³/mol. The molecule has 7 atom stereocenters. The van der Waals surface area contributed by atoms with E-state index >= 15 is 0 Å². The van der Waals surface area contributed by atoms with Crippen molar-refractivity contribution in [2.24, 2.45) is 0 Å². The predicted octanol–water partition coefficient (Wildman–Crippen LogP) is 0.549. The minimum atomic E-state index is -1.32. The second-order valence-electron chi connectivity index (χ2n) is 10.2. The third-order valence-corrected chi connectivity index (χ3v) is 6.69. The number of nitrogens with one attached hydrogen (secondary N) is 2. The molecule has 0 radical (unpaired) electrons. The molecular weight excluding hydrogens is 524 g/mol. The summed E-state index contributed by atoms with van der Waals surface area (Å²) in [4.78, 5) is 50.1. The molecule has 220 valence electrons. The summed E-state index contributed by atoms with van der Waals surface area (Å²) in [7, 11) is 2.36. The Morgan fingerprint density at radius 1 is 1.02 bits per heavy atom. The third-order valence-electron chi connectivity index (χ3n) is 6.69. The summed E-state index contributed by atoms with van der Waals surface area (Å²) in [6.45, 7) is 5.35. The zero-order valence-corrected chi connectivity index (χ0v) is 23.3. The summed E-state index contributed by atoms with van der Waals surface area (Å²) in [5, 5.41) is 15.8. The Kier molecular flexibility index (Phi) is 10.8. The number of aliphatic hydroxyl groups is 1. The molecule has 2 fully saturated rings. The van der Waals surface area contributed by atoms with Crippen molar-refractivity contribution in [1.29, 1.82) is 0 Å². The second-order valence-corrected chi connectivity index (χ2v) is 10.2. The number of rotatable bonds is 11. The van der Waals surface area contributed by atoms with Crippen molar-refractivity contribution < 1.29 is 48.0 Å². The van der Waals surface area contributed by atoms with E-state index in [0.717, 1.165) is 12.7 Å². The van der Waals surface area contributed by atoms with Crippen LogP contribution in [0.25, 0.3) is 0 Å². The highest BCUT2D eigenvalue weighted by Gasteiger charge is 2.53. The summed E-state index contributed by atoms with van der Waals surface area (Å²) in [5.41, 5.74) is 0.778. The first-order valence-electron chi connectivity index (χ1n) is 13.1. The third kappa shape index (κ3) is 8.34. The fraction of sp³-hybridized carbons (Fsp3) is 0.571. The van der Waals surface area contributed by atoms with E-state index < -0.39 is 72.5 Å². The normalized spacial score (nSPS) is 26.8. The quantitative estimate of drug-likeness (QED) is 0.257. The SMILES string of the molecule is COC(=O)C[C@H](NC(=O)/C=C/C[C@@H]1O[C@@H](C)[C@H]2OC(C)(C)O[C@H]2[C@@H]1O)C(=O)N[C@@H](Cc1ccccc1)C(=O)OC. The van der Waals surface area contributed by atoms with Crippen LogP contribution in [-0.4, -0.2) is 91.5 Å². The highest BCUT2D eigenvalue weighted by molar-refractivity contribution is 5.96. The van der Waals surface area contributed by atoms with E-state index in [1.54, 1.807) is 38.1 Å². The van der Waals surface area contributed by atoms with Crippen LogP contribution in [0.3, 0.4) is 0 Å². The van der Waals surface area contributed by atoms with Crippen LogP contribution >= 0.6 is 0 Å². The standard InChI is InChI=1S/C28H38N2O10/c1-16-24-25(40-28(2,3)39-24)23(33)20(38-16)12-9-13-21(31)29-18(15-22(32)36-4)26(34)30-19(27(35)37-5)14-17-10-7-6-8-11-17/h6-11,13,16,18-20,23-25,33H,12,14-15H2,1-5H3,(H,29,31)(H,30,34)/b13-9+/t16-,18-,19-,20-,23+,24+,25-/m0/s1. The smallest absolute Gasteiger partial charge is 0.328 e. The fourth-order valence-electron chi connectivity index (χ4n) is 4.73. The van der Waals surface area contributed by atoms with Gasteiger partial charge >= 0.3 is 11.9 Å². The summed E-state index contributed by atoms with van der Waals surface area (Å²) in [5.74, 6) is -3.68. The highest BCUT2D eigenvalue weighted by Crippen LogP contribution is 2.38. The maximum Gasteiger partial charge on any atom is 0.328 e. The first kappa shape index (κ1) is 31.2. The van der Waals surface area contributed by atoms with Crippen LogP contribution in [0, 0.1) is 0 Å². The minimum absolute atomic E-state index is 0.147. The maximum atomic E-state index is 13.1. The Bertz CT molecular complexity index is 1080. The molecule has 2 heterocycles. The molecule has 1 aromatic carbocycles. The Morgan fingerprint density at radius 2 is 1.70 bits per heavy atom. The van der Waals surface area contributed by atoms with Crippen LogP contribution in [0.2, 0.25) is 0 Å². The second kappa shape index (κ2) is 13.8. The number of aliphatic hydroxyl groups excluding tert-OH is 1. The van der Waals surface area contributed by atoms with Gasteiger partial charge in [-0.2, -0.15) is 0 Å². The molecule has 1 aromatic rings. The van der Waals surface area contributed by atoms with Crippen molar-refractivity contribution in [2.75, 3.05) is 14.2 Å². The van der Waals surface area contributed by atoms with Gasteiger partial charge in [-0.1, -0.05) is 36.4 Å². The van der Waals surface area contributed by atoms with Gasteiger partial charge in [-0.25, -0.2) is 4.79 Å². The summed E-state index contributed by atoms with van der Waals surface area (Å²) in [6, 6.07) is 6.63. The molecule has 2 saturated heterocycles. The lowest BCUT2D eigenvalue weighted by Gasteiger charge is -2.38. The summed E-state index contributed by atoms with van der Waals surface area (Å²) >= 11 is 0. The number of carbonyl (C=O) groups excluding carboxylic acids is 4. The molecule has 2 amide bonds. The first-order valence-corrected chi connectivity index (χ1v) is 13.1. The number of methoxy groups -OCH3 is 2. The monoisotopic (exact) mass is 562 g/mol. The number of hydrogen-bond acceptors (Lipinski definition) is 10. The molecule has 0 unspecified atom stereocenters. The van der Waals surface area contributed by atoms with Crippen molar-refractivity contribution in [3.8, 4) is 0 Å². The topological polar surface area (TPSA) is 159 Å². The zero-order valence-electron chi connectivity index (χ0n) is 23.3. The van der Waals surface area contributed by atoms with Crippen LogP contribution in [0.1, 0.15) is 39.2 Å². The molecule has 3 N–H and O–H groups in total. The van der Waals surface area contributed by atoms with Crippen molar-refractivity contribution >= 4 is 23.8 Å². The first-order chi connectivity index (χ1) is 18.9. The lowest BCUT2D eigenvalue weighted by Crippen LogP contribution is -2.55. The highest BCUT2D eigenvalue weighted by atomic mass is 16.8. The van der Waals surface area contributed by atoms with Gasteiger partial charge in [0.25, 0.3) is 0 Å². The Labute approximate surface area is 233 Å². The van der Waals surface area contributed by atoms with Crippen LogP contribution in [0.15, 0.2) is 42.5 Å². The number of amides is 2. The van der Waals surface area contributed by atoms with Gasteiger partial charge in [0.05, 0.1) is 32.8 Å². The van der Waals surface area contributed by atoms with Crippen molar-refractivity contribution in [2.45, 2.75) is 88.4 Å². The lowest BCUT2D eigenvalue weighted by atomic mass is 9.94. The summed E-state index contributed by atoms with van der Waals surface area (Å²) < 4.78 is 27.0. The molecule has 0 spiro atoms. The molecule has 0 aliphatic carbocycles. The maximum absolute atomic E-state index is 13.1. The molecule has 0 bridgehead atoms. The van der Waals surface area contributed by atoms with E-state index in [2.05, 4.69) is 15.4 Å². The Balaban J connectivity index is 1.62. The van der Waals surface area contributed by atoms with Crippen molar-refractivity contribution in [3.05, 3.63) is 48.0 Å². The van der Waals surface area contributed by atoms with Gasteiger partial charge in [0.15, 0.2) is 5.79 Å². The van der Waals surface area contributed by atoms with Gasteiger partial charge in [-0.3, -0.25) is 14.4 Å². The fourth-order valence-corrected chi connectivity index (χ4v) is 4.73. The van der Waals surface area contributed by atoms with Crippen molar-refractivity contribution in [1.82, 2.24) is 10.6 Å². The van der Waals surface area contributed by atoms with E-state index in [1.807, 2.05) is 13.0 Å². The number of esters is 2. The molecular formula is C28H38N2O10. The number of hydrogen-bond donors (Lipinski definition) is 3. The molecule has 0 aromatic heterocycles. The van der Waals surface area contributed by atoms with Crippen LogP contribution in [0.5, 0.6) is 0 Å². The Morgan fingerprint density at radius 3 is 2.35 bits per heavy atom. The number of benzene rings is 1. The molecule has 40 heavy (non-hydrogen) atoms. The molecule has 12 nitrogen and oxygen atoms in total. The van der Waals surface area contributed by atoms with E-state index in [-0.39, 0.29) is 18.9 Å². The van der Waals surface area contributed by atoms with Gasteiger partial charge < -0.3 is 39.4 Å². The number of carbonyl (C=O) groups is 4. The van der Waals surface area contributed by atoms with Crippen LogP contribution < -0.4 is 10.6 Å². The average Bonchev–Trinajstić information content (AvgIpc) is 3.26. The molecule has 2 aliphatic heterocycles. The molecule has 12 heteroatoms. The Hall–Kier alpha value is -3.32. The van der Waals surface area contributed by atoms with E-state index in [1.165, 1.54) is 19.3 Å². The molecule has 3 rings (SSSR count). The largest absolute Gasteiger partial charge is 0.469 e. The van der Waals surface area contributed by atoms with Crippen LogP contribution in [0.4, 0.5) is 0 Å². The van der Waals surface area contributed by atoms with E-state index in [4.69, 9.17) is 18.9 Å². The van der Waals surface area contributed by atoms with E-state index in [0.29, 0.717) is 0 Å². The minimum Gasteiger partial charge on any atom is -0.469 e. The zero-order chi connectivity index (χ0) is 29.4. The summed E-state index contributed by atoms with van der Waals surface area (Å²) in [6.07, 6.45) is -0.402. The molecule has 0 saturated carbocycles. The number of ether oxygens (including phenoxy) is 5.